The van der Waals surface area contributed by atoms with Crippen molar-refractivity contribution in [3.05, 3.63) is 42.0 Å². The fourth-order valence-electron chi connectivity index (χ4n) is 1.98. The number of nitrogens with one attached hydrogen (secondary N) is 1. The first-order valence-corrected chi connectivity index (χ1v) is 6.40. The topological polar surface area (TPSA) is 72.9 Å². The molecule has 1 aromatic heterocycles. The number of nitrogens with zero attached hydrogens (tertiary/aromatic N) is 2. The molecular weight excluding hydrogens is 259 g/mol. The van der Waals surface area contributed by atoms with Crippen LogP contribution in [0.4, 0.5) is 10.1 Å². The molecule has 5 nitrogen and oxygen atoms in total. The van der Waals surface area contributed by atoms with Crippen LogP contribution in [-0.2, 0) is 4.79 Å². The largest absolute Gasteiger partial charge is 0.371 e. The van der Waals surface area contributed by atoms with Gasteiger partial charge in [0, 0.05) is 0 Å². The van der Waals surface area contributed by atoms with E-state index in [0.717, 1.165) is 5.69 Å². The van der Waals surface area contributed by atoms with Gasteiger partial charge in [-0.2, -0.15) is 5.10 Å². The number of halogens is 1. The molecule has 3 N–H and O–H groups in total. The van der Waals surface area contributed by atoms with Crippen molar-refractivity contribution in [1.82, 2.24) is 9.78 Å². The minimum atomic E-state index is -0.466. The number of nitrogens with two attached hydrogens (primary N) is 1. The summed E-state index contributed by atoms with van der Waals surface area (Å²) >= 11 is 0. The first-order valence-electron chi connectivity index (χ1n) is 6.40. The monoisotopic (exact) mass is 276 g/mol. The zero-order valence-electron chi connectivity index (χ0n) is 11.4. The number of benzene rings is 1. The Balaban J connectivity index is 2.32. The zero-order valence-corrected chi connectivity index (χ0v) is 11.4. The lowest BCUT2D eigenvalue weighted by atomic mass is 10.2. The van der Waals surface area contributed by atoms with Gasteiger partial charge in [0.1, 0.15) is 17.5 Å². The van der Waals surface area contributed by atoms with E-state index in [1.54, 1.807) is 31.3 Å². The van der Waals surface area contributed by atoms with Crippen LogP contribution in [0, 0.1) is 12.7 Å². The number of anilines is 1. The molecule has 0 radical (unpaired) electrons. The van der Waals surface area contributed by atoms with Crippen LogP contribution in [0.25, 0.3) is 5.69 Å². The normalized spacial score (nSPS) is 12.2. The van der Waals surface area contributed by atoms with Gasteiger partial charge >= 0.3 is 0 Å². The van der Waals surface area contributed by atoms with Gasteiger partial charge in [-0.25, -0.2) is 9.07 Å². The van der Waals surface area contributed by atoms with E-state index in [1.165, 1.54) is 10.7 Å². The van der Waals surface area contributed by atoms with Gasteiger partial charge in [-0.3, -0.25) is 4.79 Å². The molecule has 1 heterocycles. The lowest BCUT2D eigenvalue weighted by Gasteiger charge is -2.14. The smallest absolute Gasteiger partial charge is 0.239 e. The molecule has 0 aliphatic heterocycles. The van der Waals surface area contributed by atoms with Gasteiger partial charge in [-0.15, -0.1) is 0 Å². The number of amides is 1. The average Bonchev–Trinajstić information content (AvgIpc) is 2.77. The molecule has 0 aliphatic rings. The molecule has 2 aromatic rings. The summed E-state index contributed by atoms with van der Waals surface area (Å²) in [4.78, 5) is 11.2. The van der Waals surface area contributed by atoms with Crippen LogP contribution < -0.4 is 11.1 Å². The maximum atomic E-state index is 13.8. The second kappa shape index (κ2) is 5.73. The fourth-order valence-corrected chi connectivity index (χ4v) is 1.98. The highest BCUT2D eigenvalue weighted by molar-refractivity contribution is 5.83. The molecule has 0 saturated carbocycles. The van der Waals surface area contributed by atoms with Gasteiger partial charge in [0.05, 0.1) is 17.6 Å². The van der Waals surface area contributed by atoms with Crippen LogP contribution in [0.1, 0.15) is 19.0 Å². The number of primary amides is 1. The Morgan fingerprint density at radius 3 is 2.80 bits per heavy atom. The molecule has 2 rings (SSSR count). The number of hydrogen-bond acceptors (Lipinski definition) is 3. The highest BCUT2D eigenvalue weighted by atomic mass is 19.1. The molecule has 1 aromatic carbocycles. The van der Waals surface area contributed by atoms with Gasteiger partial charge in [0.25, 0.3) is 0 Å². The quantitative estimate of drug-likeness (QED) is 0.877. The van der Waals surface area contributed by atoms with Gasteiger partial charge in [-0.05, 0) is 25.5 Å². The number of hydrogen-bond donors (Lipinski definition) is 2. The molecule has 106 valence electrons. The third-order valence-electron chi connectivity index (χ3n) is 3.17. The van der Waals surface area contributed by atoms with Crippen molar-refractivity contribution in [2.45, 2.75) is 26.3 Å². The Morgan fingerprint density at radius 1 is 1.50 bits per heavy atom. The molecule has 20 heavy (non-hydrogen) atoms. The van der Waals surface area contributed by atoms with Crippen molar-refractivity contribution < 1.29 is 9.18 Å². The van der Waals surface area contributed by atoms with Gasteiger partial charge in [-0.1, -0.05) is 19.1 Å². The van der Waals surface area contributed by atoms with Crippen molar-refractivity contribution in [2.75, 3.05) is 5.32 Å². The molecule has 1 amide bonds. The zero-order chi connectivity index (χ0) is 14.7. The van der Waals surface area contributed by atoms with Crippen molar-refractivity contribution in [3.63, 3.8) is 0 Å². The van der Waals surface area contributed by atoms with Crippen LogP contribution in [0.5, 0.6) is 0 Å². The molecule has 0 aliphatic carbocycles. The fraction of sp³-hybridized carbons (Fsp3) is 0.286. The number of rotatable bonds is 5. The Kier molecular flexibility index (Phi) is 4.02. The summed E-state index contributed by atoms with van der Waals surface area (Å²) in [5, 5.41) is 7.18. The molecule has 0 unspecified atom stereocenters. The second-order valence-corrected chi connectivity index (χ2v) is 4.51. The summed E-state index contributed by atoms with van der Waals surface area (Å²) in [5.41, 5.74) is 7.05. The molecule has 0 spiro atoms. The van der Waals surface area contributed by atoms with E-state index in [2.05, 4.69) is 10.4 Å². The number of carbonyl (C=O) groups excluding carboxylic acids is 1. The SMILES string of the molecule is CC[C@@H](Nc1cnn(-c2ccccc2F)c1C)C(N)=O. The number of carbonyl (C=O) groups is 1. The molecule has 1 atom stereocenters. The first-order chi connectivity index (χ1) is 9.54. The van der Waals surface area contributed by atoms with Crippen LogP contribution >= 0.6 is 0 Å². The Labute approximate surface area is 116 Å². The lowest BCUT2D eigenvalue weighted by Crippen LogP contribution is -2.34. The second-order valence-electron chi connectivity index (χ2n) is 4.51. The predicted molar refractivity (Wildman–Crippen MR) is 75.2 cm³/mol. The van der Waals surface area contributed by atoms with Crippen molar-refractivity contribution in [2.24, 2.45) is 5.73 Å². The Morgan fingerprint density at radius 2 is 2.20 bits per heavy atom. The standard InChI is InChI=1S/C14H17FN4O/c1-3-11(14(16)20)18-12-8-17-19(9(12)2)13-7-5-4-6-10(13)15/h4-8,11,18H,3H2,1-2H3,(H2,16,20)/t11-/m1/s1. The van der Waals surface area contributed by atoms with Crippen LogP contribution in [-0.4, -0.2) is 21.7 Å². The summed E-state index contributed by atoms with van der Waals surface area (Å²) in [5.74, 6) is -0.780. The number of para-hydroxylation sites is 1. The van der Waals surface area contributed by atoms with E-state index in [1.807, 2.05) is 6.92 Å². The van der Waals surface area contributed by atoms with Crippen LogP contribution in [0.3, 0.4) is 0 Å². The summed E-state index contributed by atoms with van der Waals surface area (Å²) < 4.78 is 15.3. The highest BCUT2D eigenvalue weighted by Gasteiger charge is 2.17. The minimum Gasteiger partial charge on any atom is -0.371 e. The average molecular weight is 276 g/mol. The van der Waals surface area contributed by atoms with E-state index in [-0.39, 0.29) is 5.82 Å². The van der Waals surface area contributed by atoms with Crippen molar-refractivity contribution in [3.8, 4) is 5.69 Å². The number of aromatic nitrogens is 2. The van der Waals surface area contributed by atoms with Gasteiger partial charge in [0.2, 0.25) is 5.91 Å². The van der Waals surface area contributed by atoms with Crippen LogP contribution in [0.15, 0.2) is 30.5 Å². The maximum absolute atomic E-state index is 13.8. The minimum absolute atomic E-state index is 0.354. The van der Waals surface area contributed by atoms with E-state index < -0.39 is 11.9 Å². The van der Waals surface area contributed by atoms with Gasteiger partial charge < -0.3 is 11.1 Å². The highest BCUT2D eigenvalue weighted by Crippen LogP contribution is 2.21. The van der Waals surface area contributed by atoms with E-state index in [9.17, 15) is 9.18 Å². The molecule has 0 bridgehead atoms. The Bertz CT molecular complexity index is 623. The summed E-state index contributed by atoms with van der Waals surface area (Å²) in [7, 11) is 0. The molecular formula is C14H17FN4O. The first kappa shape index (κ1) is 14.0. The van der Waals surface area contributed by atoms with Crippen LogP contribution in [0.2, 0.25) is 0 Å². The summed E-state index contributed by atoms with van der Waals surface area (Å²) in [6.07, 6.45) is 2.13. The van der Waals surface area contributed by atoms with Gasteiger partial charge in [0.15, 0.2) is 0 Å². The summed E-state index contributed by atoms with van der Waals surface area (Å²) in [6, 6.07) is 5.92. The summed E-state index contributed by atoms with van der Waals surface area (Å²) in [6.45, 7) is 3.66. The molecule has 6 heteroatoms. The van der Waals surface area contributed by atoms with Crippen molar-refractivity contribution in [1.29, 1.82) is 0 Å². The maximum Gasteiger partial charge on any atom is 0.239 e. The Hall–Kier alpha value is -2.37. The van der Waals surface area contributed by atoms with E-state index >= 15 is 0 Å². The van der Waals surface area contributed by atoms with E-state index in [0.29, 0.717) is 17.8 Å². The third-order valence-corrected chi connectivity index (χ3v) is 3.17. The van der Waals surface area contributed by atoms with E-state index in [4.69, 9.17) is 5.73 Å². The third kappa shape index (κ3) is 2.64. The predicted octanol–water partition coefficient (Wildman–Crippen LogP) is 2.00. The molecule has 0 saturated heterocycles. The lowest BCUT2D eigenvalue weighted by molar-refractivity contribution is -0.118. The molecule has 0 fully saturated rings. The van der Waals surface area contributed by atoms with Crippen molar-refractivity contribution >= 4 is 11.6 Å².